The molecule has 0 radical (unpaired) electrons. The highest BCUT2D eigenvalue weighted by atomic mass is 79.9. The molecule has 0 aliphatic heterocycles. The Balaban J connectivity index is 0.000000810. The molecule has 2 nitrogen and oxygen atoms in total. The molecule has 56 valence electrons. The van der Waals surface area contributed by atoms with Crippen molar-refractivity contribution in [1.29, 1.82) is 0 Å². The maximum atomic E-state index is 5.48. The fraction of sp³-hybridized carbons (Fsp3) is 0.286. The first kappa shape index (κ1) is 9.43. The summed E-state index contributed by atoms with van der Waals surface area (Å²) in [6.45, 7) is 4.05. The SMILES string of the molecule is Cc1cc(C)c[n+](N)c1.[Br-]. The van der Waals surface area contributed by atoms with Crippen molar-refractivity contribution >= 4 is 0 Å². The summed E-state index contributed by atoms with van der Waals surface area (Å²) in [5, 5.41) is 0. The first-order valence-corrected chi connectivity index (χ1v) is 2.93. The van der Waals surface area contributed by atoms with E-state index in [1.165, 1.54) is 11.1 Å². The van der Waals surface area contributed by atoms with Crippen molar-refractivity contribution in [1.82, 2.24) is 0 Å². The molecule has 10 heavy (non-hydrogen) atoms. The van der Waals surface area contributed by atoms with E-state index < -0.39 is 0 Å². The van der Waals surface area contributed by atoms with Crippen LogP contribution in [-0.2, 0) is 0 Å². The van der Waals surface area contributed by atoms with Gasteiger partial charge in [0.05, 0.1) is 0 Å². The summed E-state index contributed by atoms with van der Waals surface area (Å²) < 4.78 is 1.57. The third kappa shape index (κ3) is 2.35. The molecule has 3 heteroatoms. The molecule has 0 fully saturated rings. The Kier molecular flexibility index (Phi) is 3.36. The second-order valence-corrected chi connectivity index (χ2v) is 2.34. The Hall–Kier alpha value is -0.570. The van der Waals surface area contributed by atoms with Crippen LogP contribution in [0.15, 0.2) is 18.5 Å². The van der Waals surface area contributed by atoms with Crippen LogP contribution < -0.4 is 27.5 Å². The quantitative estimate of drug-likeness (QED) is 0.361. The van der Waals surface area contributed by atoms with Gasteiger partial charge in [-0.2, -0.15) is 0 Å². The predicted octanol–water partition coefficient (Wildman–Crippen LogP) is -2.69. The largest absolute Gasteiger partial charge is 1.00 e. The third-order valence-corrected chi connectivity index (χ3v) is 1.16. The number of nitrogens with two attached hydrogens (primary N) is 1. The summed E-state index contributed by atoms with van der Waals surface area (Å²) in [6, 6.07) is 2.09. The maximum Gasteiger partial charge on any atom is 0.202 e. The Morgan fingerprint density at radius 3 is 1.90 bits per heavy atom. The third-order valence-electron chi connectivity index (χ3n) is 1.16. The number of rotatable bonds is 0. The number of pyridine rings is 1. The van der Waals surface area contributed by atoms with Crippen LogP contribution in [0.5, 0.6) is 0 Å². The fourth-order valence-electron chi connectivity index (χ4n) is 0.941. The molecular formula is C7H11BrN2. The van der Waals surface area contributed by atoms with Crippen LogP contribution in [0, 0.1) is 13.8 Å². The van der Waals surface area contributed by atoms with E-state index in [0.717, 1.165) is 0 Å². The van der Waals surface area contributed by atoms with E-state index in [1.807, 2.05) is 26.2 Å². The highest BCUT2D eigenvalue weighted by molar-refractivity contribution is 5.11. The Morgan fingerprint density at radius 1 is 1.20 bits per heavy atom. The number of nitrogen functional groups attached to an aromatic ring is 1. The van der Waals surface area contributed by atoms with Crippen molar-refractivity contribution in [2.75, 3.05) is 5.84 Å². The van der Waals surface area contributed by atoms with Crippen LogP contribution in [0.1, 0.15) is 11.1 Å². The number of hydrogen-bond donors (Lipinski definition) is 1. The average Bonchev–Trinajstić information content (AvgIpc) is 1.59. The van der Waals surface area contributed by atoms with Crippen molar-refractivity contribution in [3.8, 4) is 0 Å². The van der Waals surface area contributed by atoms with Crippen molar-refractivity contribution < 1.29 is 21.7 Å². The van der Waals surface area contributed by atoms with E-state index in [0.29, 0.717) is 0 Å². The van der Waals surface area contributed by atoms with Gasteiger partial charge >= 0.3 is 0 Å². The summed E-state index contributed by atoms with van der Waals surface area (Å²) in [5.41, 5.74) is 2.38. The molecule has 0 aliphatic carbocycles. The molecule has 2 N–H and O–H groups in total. The molecule has 0 saturated carbocycles. The zero-order valence-corrected chi connectivity index (χ0v) is 7.72. The Bertz CT molecular complexity index is 172. The number of aryl methyl sites for hydroxylation is 2. The molecule has 0 atom stereocenters. The number of hydrogen-bond acceptors (Lipinski definition) is 1. The van der Waals surface area contributed by atoms with Gasteiger partial charge in [0.1, 0.15) is 0 Å². The van der Waals surface area contributed by atoms with Gasteiger partial charge in [-0.05, 0) is 19.9 Å². The lowest BCUT2D eigenvalue weighted by molar-refractivity contribution is -0.639. The molecule has 1 rings (SSSR count). The number of halogens is 1. The topological polar surface area (TPSA) is 29.9 Å². The van der Waals surface area contributed by atoms with Gasteiger partial charge in [0.2, 0.25) is 12.4 Å². The van der Waals surface area contributed by atoms with Gasteiger partial charge < -0.3 is 17.0 Å². The first-order valence-electron chi connectivity index (χ1n) is 2.93. The van der Waals surface area contributed by atoms with E-state index >= 15 is 0 Å². The van der Waals surface area contributed by atoms with Gasteiger partial charge in [-0.15, -0.1) is 0 Å². The molecule has 0 bridgehead atoms. The minimum absolute atomic E-state index is 0. The fourth-order valence-corrected chi connectivity index (χ4v) is 0.941. The average molecular weight is 203 g/mol. The minimum Gasteiger partial charge on any atom is -1.00 e. The van der Waals surface area contributed by atoms with Crippen molar-refractivity contribution in [3.05, 3.63) is 29.6 Å². The molecule has 0 aliphatic rings. The predicted molar refractivity (Wildman–Crippen MR) is 36.3 cm³/mol. The van der Waals surface area contributed by atoms with Gasteiger partial charge in [0, 0.05) is 11.1 Å². The molecule has 0 amide bonds. The van der Waals surface area contributed by atoms with Crippen LogP contribution in [0.3, 0.4) is 0 Å². The molecule has 0 unspecified atom stereocenters. The van der Waals surface area contributed by atoms with Gasteiger partial charge in [-0.25, -0.2) is 5.84 Å². The lowest BCUT2D eigenvalue weighted by atomic mass is 10.2. The number of nitrogens with zero attached hydrogens (tertiary/aromatic N) is 1. The van der Waals surface area contributed by atoms with Gasteiger partial charge in [0.25, 0.3) is 0 Å². The summed E-state index contributed by atoms with van der Waals surface area (Å²) in [4.78, 5) is 0. The standard InChI is InChI=1S/C7H11N2.BrH/c1-6-3-7(2)5-9(8)4-6;/h3-5H,8H2,1-2H3;1H/q+1;/p-1. The van der Waals surface area contributed by atoms with E-state index in [-0.39, 0.29) is 17.0 Å². The second kappa shape index (κ2) is 3.56. The summed E-state index contributed by atoms with van der Waals surface area (Å²) in [7, 11) is 0. The Labute approximate surface area is 71.4 Å². The lowest BCUT2D eigenvalue weighted by Crippen LogP contribution is -3.00. The highest BCUT2D eigenvalue weighted by Gasteiger charge is 1.95. The van der Waals surface area contributed by atoms with Gasteiger partial charge in [-0.1, -0.05) is 4.68 Å². The van der Waals surface area contributed by atoms with Crippen molar-refractivity contribution in [2.24, 2.45) is 0 Å². The van der Waals surface area contributed by atoms with Crippen LogP contribution >= 0.6 is 0 Å². The Morgan fingerprint density at radius 2 is 1.60 bits per heavy atom. The normalized spacial score (nSPS) is 8.60. The molecule has 0 spiro atoms. The lowest BCUT2D eigenvalue weighted by Gasteiger charge is -1.90. The monoisotopic (exact) mass is 202 g/mol. The van der Waals surface area contributed by atoms with Crippen LogP contribution in [-0.4, -0.2) is 0 Å². The second-order valence-electron chi connectivity index (χ2n) is 2.34. The van der Waals surface area contributed by atoms with Crippen LogP contribution in [0.25, 0.3) is 0 Å². The molecule has 1 aromatic heterocycles. The summed E-state index contributed by atoms with van der Waals surface area (Å²) in [5.74, 6) is 5.48. The first-order chi connectivity index (χ1) is 4.18. The van der Waals surface area contributed by atoms with E-state index in [2.05, 4.69) is 6.07 Å². The van der Waals surface area contributed by atoms with Gasteiger partial charge in [0.15, 0.2) is 0 Å². The molecule has 0 aromatic carbocycles. The van der Waals surface area contributed by atoms with Crippen LogP contribution in [0.4, 0.5) is 0 Å². The maximum absolute atomic E-state index is 5.48. The molecule has 1 heterocycles. The smallest absolute Gasteiger partial charge is 0.202 e. The van der Waals surface area contributed by atoms with E-state index in [9.17, 15) is 0 Å². The van der Waals surface area contributed by atoms with Crippen molar-refractivity contribution in [3.63, 3.8) is 0 Å². The van der Waals surface area contributed by atoms with E-state index in [1.54, 1.807) is 4.68 Å². The summed E-state index contributed by atoms with van der Waals surface area (Å²) >= 11 is 0. The number of aromatic nitrogens is 1. The van der Waals surface area contributed by atoms with Crippen LogP contribution in [0.2, 0.25) is 0 Å². The van der Waals surface area contributed by atoms with Gasteiger partial charge in [-0.3, -0.25) is 0 Å². The zero-order valence-electron chi connectivity index (χ0n) is 6.13. The molecule has 1 aromatic rings. The molecule has 0 saturated heterocycles. The zero-order chi connectivity index (χ0) is 6.85. The highest BCUT2D eigenvalue weighted by Crippen LogP contribution is 1.94. The molecular weight excluding hydrogens is 192 g/mol. The van der Waals surface area contributed by atoms with E-state index in [4.69, 9.17) is 5.84 Å². The van der Waals surface area contributed by atoms with Crippen molar-refractivity contribution in [2.45, 2.75) is 13.8 Å². The summed E-state index contributed by atoms with van der Waals surface area (Å²) in [6.07, 6.45) is 3.76. The minimum atomic E-state index is 0.